The fraction of sp³-hybridized carbons (Fsp3) is 0.636. The average Bonchev–Trinajstić information content (AvgIpc) is 2.39. The van der Waals surface area contributed by atoms with Gasteiger partial charge in [-0.25, -0.2) is 0 Å². The number of ketones is 1. The van der Waals surface area contributed by atoms with E-state index in [0.717, 1.165) is 29.0 Å². The van der Waals surface area contributed by atoms with Gasteiger partial charge in [0, 0.05) is 19.9 Å². The van der Waals surface area contributed by atoms with E-state index in [1.165, 1.54) is 0 Å². The second kappa shape index (κ2) is 4.67. The number of hydrogen-bond acceptors (Lipinski definition) is 3. The Morgan fingerprint density at radius 3 is 2.75 bits per heavy atom. The molecule has 0 unspecified atom stereocenters. The molecule has 0 aliphatic carbocycles. The van der Waals surface area contributed by atoms with Crippen LogP contribution in [-0.4, -0.2) is 28.7 Å². The topological polar surface area (TPSA) is 46.9 Å². The first-order valence-electron chi connectivity index (χ1n) is 5.48. The summed E-state index contributed by atoms with van der Waals surface area (Å²) < 4.78 is 2.76. The molecule has 1 saturated heterocycles. The van der Waals surface area contributed by atoms with E-state index in [2.05, 4.69) is 26.3 Å². The van der Waals surface area contributed by atoms with Crippen molar-refractivity contribution in [2.45, 2.75) is 19.8 Å². The predicted octanol–water partition coefficient (Wildman–Crippen LogP) is 1.21. The molecule has 1 N–H and O–H groups in total. The Bertz CT molecular complexity index is 410. The van der Waals surface area contributed by atoms with Crippen LogP contribution in [0, 0.1) is 12.8 Å². The first-order valence-corrected chi connectivity index (χ1v) is 6.27. The monoisotopic (exact) mass is 285 g/mol. The maximum absolute atomic E-state index is 11.8. The van der Waals surface area contributed by atoms with Gasteiger partial charge in [-0.05, 0) is 41.9 Å². The van der Waals surface area contributed by atoms with Crippen molar-refractivity contribution >= 4 is 21.7 Å². The van der Waals surface area contributed by atoms with Crippen LogP contribution in [0.1, 0.15) is 17.8 Å². The standard InChI is InChI=1S/C11H16BrN3O/c1-7-11(12)10(15(2)14-7)4-9(16)3-8-5-13-6-8/h8,13H,3-6H2,1-2H3. The highest BCUT2D eigenvalue weighted by molar-refractivity contribution is 9.10. The van der Waals surface area contributed by atoms with E-state index < -0.39 is 0 Å². The van der Waals surface area contributed by atoms with Crippen molar-refractivity contribution in [3.63, 3.8) is 0 Å². The van der Waals surface area contributed by atoms with Gasteiger partial charge in [0.1, 0.15) is 5.78 Å². The molecular formula is C11H16BrN3O. The average molecular weight is 286 g/mol. The minimum Gasteiger partial charge on any atom is -0.316 e. The van der Waals surface area contributed by atoms with E-state index >= 15 is 0 Å². The summed E-state index contributed by atoms with van der Waals surface area (Å²) in [4.78, 5) is 11.8. The number of carbonyl (C=O) groups is 1. The summed E-state index contributed by atoms with van der Waals surface area (Å²) in [6, 6.07) is 0. The molecule has 1 aromatic heterocycles. The van der Waals surface area contributed by atoms with Gasteiger partial charge in [0.2, 0.25) is 0 Å². The summed E-state index contributed by atoms with van der Waals surface area (Å²) >= 11 is 3.48. The fourth-order valence-corrected chi connectivity index (χ4v) is 2.42. The molecule has 0 aromatic carbocycles. The van der Waals surface area contributed by atoms with Crippen molar-refractivity contribution in [2.24, 2.45) is 13.0 Å². The molecule has 1 fully saturated rings. The zero-order valence-electron chi connectivity index (χ0n) is 9.59. The third-order valence-electron chi connectivity index (χ3n) is 3.01. The molecule has 1 aromatic rings. The van der Waals surface area contributed by atoms with Gasteiger partial charge in [0.15, 0.2) is 0 Å². The molecule has 1 aliphatic rings. The Morgan fingerprint density at radius 2 is 2.31 bits per heavy atom. The number of hydrogen-bond donors (Lipinski definition) is 1. The zero-order valence-corrected chi connectivity index (χ0v) is 11.2. The minimum atomic E-state index is 0.301. The van der Waals surface area contributed by atoms with Gasteiger partial charge < -0.3 is 5.32 Å². The zero-order chi connectivity index (χ0) is 11.7. The molecule has 0 saturated carbocycles. The largest absolute Gasteiger partial charge is 0.316 e. The first kappa shape index (κ1) is 11.8. The number of carbonyl (C=O) groups excluding carboxylic acids is 1. The second-order valence-corrected chi connectivity index (χ2v) is 5.21. The van der Waals surface area contributed by atoms with E-state index in [-0.39, 0.29) is 0 Å². The molecule has 2 rings (SSSR count). The van der Waals surface area contributed by atoms with Gasteiger partial charge in [-0.2, -0.15) is 5.10 Å². The summed E-state index contributed by atoms with van der Waals surface area (Å²) in [6.45, 7) is 3.91. The van der Waals surface area contributed by atoms with Gasteiger partial charge in [0.05, 0.1) is 15.9 Å². The Kier molecular flexibility index (Phi) is 3.44. The number of nitrogens with zero attached hydrogens (tertiary/aromatic N) is 2. The highest BCUT2D eigenvalue weighted by Gasteiger charge is 2.22. The van der Waals surface area contributed by atoms with Crippen LogP contribution in [0.3, 0.4) is 0 Å². The van der Waals surface area contributed by atoms with Gasteiger partial charge in [-0.15, -0.1) is 0 Å². The summed E-state index contributed by atoms with van der Waals surface area (Å²) in [5.74, 6) is 0.843. The number of aryl methyl sites for hydroxylation is 2. The molecule has 88 valence electrons. The third-order valence-corrected chi connectivity index (χ3v) is 4.04. The maximum Gasteiger partial charge on any atom is 0.139 e. The number of Topliss-reactive ketones (excluding diaryl/α,β-unsaturated/α-hetero) is 1. The maximum atomic E-state index is 11.8. The van der Waals surface area contributed by atoms with Crippen molar-refractivity contribution in [3.05, 3.63) is 15.9 Å². The van der Waals surface area contributed by atoms with E-state index in [9.17, 15) is 4.79 Å². The predicted molar refractivity (Wildman–Crippen MR) is 65.3 cm³/mol. The normalized spacial score (nSPS) is 16.2. The van der Waals surface area contributed by atoms with Gasteiger partial charge >= 0.3 is 0 Å². The molecule has 0 radical (unpaired) electrons. The molecule has 0 amide bonds. The quantitative estimate of drug-likeness (QED) is 0.905. The Labute approximate surface area is 104 Å². The molecule has 16 heavy (non-hydrogen) atoms. The van der Waals surface area contributed by atoms with E-state index in [1.807, 2.05) is 14.0 Å². The van der Waals surface area contributed by atoms with Gasteiger partial charge in [-0.1, -0.05) is 0 Å². The van der Waals surface area contributed by atoms with Crippen LogP contribution in [0.2, 0.25) is 0 Å². The highest BCUT2D eigenvalue weighted by Crippen LogP contribution is 2.22. The number of halogens is 1. The van der Waals surface area contributed by atoms with Crippen molar-refractivity contribution in [1.82, 2.24) is 15.1 Å². The van der Waals surface area contributed by atoms with Crippen molar-refractivity contribution in [3.8, 4) is 0 Å². The first-order chi connectivity index (χ1) is 7.58. The van der Waals surface area contributed by atoms with Crippen LogP contribution in [-0.2, 0) is 18.3 Å². The number of nitrogens with one attached hydrogen (secondary N) is 1. The number of aromatic nitrogens is 2. The minimum absolute atomic E-state index is 0.301. The molecule has 0 bridgehead atoms. The smallest absolute Gasteiger partial charge is 0.139 e. The van der Waals surface area contributed by atoms with Crippen LogP contribution in [0.15, 0.2) is 4.47 Å². The lowest BCUT2D eigenvalue weighted by molar-refractivity contribution is -0.119. The molecule has 0 spiro atoms. The molecular weight excluding hydrogens is 270 g/mol. The Morgan fingerprint density at radius 1 is 1.62 bits per heavy atom. The molecule has 2 heterocycles. The van der Waals surface area contributed by atoms with E-state index in [0.29, 0.717) is 24.5 Å². The highest BCUT2D eigenvalue weighted by atomic mass is 79.9. The summed E-state index contributed by atoms with van der Waals surface area (Å²) in [5.41, 5.74) is 1.92. The second-order valence-electron chi connectivity index (χ2n) is 4.41. The third kappa shape index (κ3) is 2.35. The van der Waals surface area contributed by atoms with Gasteiger partial charge in [-0.3, -0.25) is 9.48 Å². The molecule has 5 heteroatoms. The van der Waals surface area contributed by atoms with Crippen molar-refractivity contribution in [2.75, 3.05) is 13.1 Å². The molecule has 1 aliphatic heterocycles. The van der Waals surface area contributed by atoms with E-state index in [1.54, 1.807) is 4.68 Å². The Hall–Kier alpha value is -0.680. The lowest BCUT2D eigenvalue weighted by Gasteiger charge is -2.26. The van der Waals surface area contributed by atoms with Crippen LogP contribution >= 0.6 is 15.9 Å². The van der Waals surface area contributed by atoms with Crippen LogP contribution in [0.5, 0.6) is 0 Å². The van der Waals surface area contributed by atoms with Crippen LogP contribution in [0.4, 0.5) is 0 Å². The fourth-order valence-electron chi connectivity index (χ4n) is 1.95. The number of rotatable bonds is 4. The van der Waals surface area contributed by atoms with Crippen molar-refractivity contribution in [1.29, 1.82) is 0 Å². The van der Waals surface area contributed by atoms with Crippen LogP contribution in [0.25, 0.3) is 0 Å². The lowest BCUT2D eigenvalue weighted by atomic mass is 9.95. The van der Waals surface area contributed by atoms with Gasteiger partial charge in [0.25, 0.3) is 0 Å². The van der Waals surface area contributed by atoms with Crippen molar-refractivity contribution < 1.29 is 4.79 Å². The summed E-state index contributed by atoms with van der Waals surface area (Å²) in [5, 5.41) is 7.46. The SMILES string of the molecule is Cc1nn(C)c(CC(=O)CC2CNC2)c1Br. The lowest BCUT2D eigenvalue weighted by Crippen LogP contribution is -2.43. The van der Waals surface area contributed by atoms with Crippen LogP contribution < -0.4 is 5.32 Å². The molecule has 4 nitrogen and oxygen atoms in total. The van der Waals surface area contributed by atoms with E-state index in [4.69, 9.17) is 0 Å². The Balaban J connectivity index is 1.99. The summed E-state index contributed by atoms with van der Waals surface area (Å²) in [7, 11) is 1.88. The summed E-state index contributed by atoms with van der Waals surface area (Å²) in [6.07, 6.45) is 1.16. The molecule has 0 atom stereocenters.